The maximum Gasteiger partial charge on any atom is 1.00 e. The van der Waals surface area contributed by atoms with Gasteiger partial charge in [0.15, 0.2) is 0 Å². The van der Waals surface area contributed by atoms with Crippen LogP contribution in [0.15, 0.2) is 0 Å². The fourth-order valence-corrected chi connectivity index (χ4v) is 0. The Morgan fingerprint density at radius 1 is 0.846 bits per heavy atom. The van der Waals surface area contributed by atoms with E-state index < -0.39 is 9.15 Å². The predicted molar refractivity (Wildman–Crippen MR) is 42.3 cm³/mol. The van der Waals surface area contributed by atoms with Crippen molar-refractivity contribution >= 4 is 72.2 Å². The van der Waals surface area contributed by atoms with Crippen molar-refractivity contribution in [3.8, 4) is 0 Å². The minimum atomic E-state index is -4.33. The van der Waals surface area contributed by atoms with Crippen LogP contribution in [0.2, 0.25) is 0 Å². The summed E-state index contributed by atoms with van der Waals surface area (Å²) in [5, 5.41) is 0. The average Bonchev–Trinajstić information content (AvgIpc) is 0.722. The van der Waals surface area contributed by atoms with Crippen molar-refractivity contribution in [3.05, 3.63) is 0 Å². The molecule has 0 unspecified atom stereocenters. The Morgan fingerprint density at radius 2 is 0.846 bits per heavy atom. The van der Waals surface area contributed by atoms with Crippen LogP contribution in [0.5, 0.6) is 0 Å². The molecular weight excluding hydrogens is 277 g/mol. The third kappa shape index (κ3) is 216. The SMILES string of the molecule is O.O.O.O.O.O=S(=O)([O-])[S-].[KH].[Na+].[Na+]. The summed E-state index contributed by atoms with van der Waals surface area (Å²) < 4.78 is 26.7. The van der Waals surface area contributed by atoms with Crippen LogP contribution in [-0.2, 0) is 20.8 Å². The quantitative estimate of drug-likeness (QED) is 0.183. The molecular formula is H11KNa2O8S2. The maximum atomic E-state index is 8.89. The zero-order valence-electron chi connectivity index (χ0n) is 6.54. The molecule has 13 heteroatoms. The van der Waals surface area contributed by atoms with Crippen LogP contribution in [-0.4, -0.2) is 91.7 Å². The van der Waals surface area contributed by atoms with Crippen molar-refractivity contribution < 1.29 is 99.5 Å². The molecule has 0 aromatic rings. The minimum absolute atomic E-state index is 0. The summed E-state index contributed by atoms with van der Waals surface area (Å²) in [6.07, 6.45) is 0. The number of hydrogen-bond donors (Lipinski definition) is 0. The molecule has 8 nitrogen and oxygen atoms in total. The van der Waals surface area contributed by atoms with Crippen molar-refractivity contribution in [2.45, 2.75) is 0 Å². The Morgan fingerprint density at radius 3 is 0.846 bits per heavy atom. The van der Waals surface area contributed by atoms with Crippen LogP contribution in [0.4, 0.5) is 0 Å². The molecule has 0 radical (unpaired) electrons. The first-order valence-corrected chi connectivity index (χ1v) is 3.00. The first-order valence-electron chi connectivity index (χ1n) is 0.667. The van der Waals surface area contributed by atoms with Crippen LogP contribution in [0.3, 0.4) is 0 Å². The summed E-state index contributed by atoms with van der Waals surface area (Å²) in [5.74, 6) is 0. The third-order valence-corrected chi connectivity index (χ3v) is 0. The van der Waals surface area contributed by atoms with Gasteiger partial charge in [0, 0.05) is 0 Å². The monoisotopic (exact) mass is 288 g/mol. The van der Waals surface area contributed by atoms with Gasteiger partial charge in [-0.2, -0.15) is 0 Å². The summed E-state index contributed by atoms with van der Waals surface area (Å²) >= 11 is 3.24. The molecule has 0 rings (SSSR count). The Labute approximate surface area is 168 Å². The van der Waals surface area contributed by atoms with E-state index in [0.29, 0.717) is 0 Å². The van der Waals surface area contributed by atoms with Gasteiger partial charge in [0.2, 0.25) is 0 Å². The van der Waals surface area contributed by atoms with Crippen LogP contribution in [0, 0.1) is 0 Å². The van der Waals surface area contributed by atoms with E-state index in [9.17, 15) is 0 Å². The molecule has 0 aliphatic carbocycles. The predicted octanol–water partition coefficient (Wildman–Crippen LogP) is -11.8. The molecule has 0 heterocycles. The van der Waals surface area contributed by atoms with Crippen LogP contribution < -0.4 is 59.1 Å². The van der Waals surface area contributed by atoms with Gasteiger partial charge in [0.1, 0.15) is 0 Å². The standard InChI is InChI=1S/K.2Na.H2O3S2.5H2O.H/c;;;1-5(2,3)4;;;;;;/h;;;(H2,1,2,3,4);5*1H2;/q;2*+1;;;;;;;/p-2. The van der Waals surface area contributed by atoms with Crippen LogP contribution in [0.25, 0.3) is 0 Å². The van der Waals surface area contributed by atoms with Crippen molar-refractivity contribution in [3.63, 3.8) is 0 Å². The Hall–Kier alpha value is 3.70. The first kappa shape index (κ1) is 69.4. The molecule has 0 saturated heterocycles. The van der Waals surface area contributed by atoms with Crippen molar-refractivity contribution in [2.24, 2.45) is 0 Å². The van der Waals surface area contributed by atoms with Gasteiger partial charge < -0.3 is 43.6 Å². The average molecular weight is 288 g/mol. The van der Waals surface area contributed by atoms with Gasteiger partial charge in [-0.05, 0) is 9.15 Å². The molecule has 0 saturated carbocycles. The number of rotatable bonds is 0. The van der Waals surface area contributed by atoms with Gasteiger partial charge in [-0.1, -0.05) is 0 Å². The molecule has 0 atom stereocenters. The van der Waals surface area contributed by atoms with Gasteiger partial charge in [0.25, 0.3) is 0 Å². The van der Waals surface area contributed by atoms with E-state index in [1.54, 1.807) is 0 Å². The van der Waals surface area contributed by atoms with Gasteiger partial charge in [-0.25, -0.2) is 0 Å². The van der Waals surface area contributed by atoms with E-state index in [0.717, 1.165) is 0 Å². The normalized spacial score (nSPS) is 4.46. The zero-order chi connectivity index (χ0) is 4.50. The topological polar surface area (TPSA) is 215 Å². The van der Waals surface area contributed by atoms with Gasteiger partial charge in [-0.3, -0.25) is 8.42 Å². The molecule has 0 fully saturated rings. The molecule has 13 heavy (non-hydrogen) atoms. The van der Waals surface area contributed by atoms with E-state index in [2.05, 4.69) is 11.7 Å². The molecule has 0 aromatic carbocycles. The summed E-state index contributed by atoms with van der Waals surface area (Å²) in [6.45, 7) is 0. The molecule has 10 N–H and O–H groups in total. The Bertz CT molecular complexity index is 103. The second kappa shape index (κ2) is 36.1. The van der Waals surface area contributed by atoms with Crippen molar-refractivity contribution in [1.29, 1.82) is 0 Å². The fourth-order valence-electron chi connectivity index (χ4n) is 0. The molecule has 0 amide bonds. The molecule has 0 aliphatic heterocycles. The minimum Gasteiger partial charge on any atom is 1.00 e. The molecule has 0 bridgehead atoms. The van der Waals surface area contributed by atoms with E-state index >= 15 is 0 Å². The Kier molecular flexibility index (Phi) is 193. The van der Waals surface area contributed by atoms with E-state index in [-0.39, 0.29) is 138 Å². The summed E-state index contributed by atoms with van der Waals surface area (Å²) in [4.78, 5) is 0. The Balaban J connectivity index is -0.00000000286. The second-order valence-electron chi connectivity index (χ2n) is 0.408. The van der Waals surface area contributed by atoms with Gasteiger partial charge >= 0.3 is 110 Å². The molecule has 0 aromatic heterocycles. The van der Waals surface area contributed by atoms with Crippen LogP contribution in [0.1, 0.15) is 0 Å². The first-order chi connectivity index (χ1) is 2.00. The van der Waals surface area contributed by atoms with E-state index in [4.69, 9.17) is 13.0 Å². The largest absolute Gasteiger partial charge is 1.00 e. The second-order valence-corrected chi connectivity index (χ2v) is 2.45. The van der Waals surface area contributed by atoms with Crippen molar-refractivity contribution in [2.75, 3.05) is 0 Å². The zero-order valence-corrected chi connectivity index (χ0v) is 12.2. The maximum absolute atomic E-state index is 8.89. The summed E-state index contributed by atoms with van der Waals surface area (Å²) in [5.41, 5.74) is 0. The van der Waals surface area contributed by atoms with E-state index in [1.165, 1.54) is 0 Å². The summed E-state index contributed by atoms with van der Waals surface area (Å²) in [7, 11) is -4.33. The van der Waals surface area contributed by atoms with Crippen LogP contribution >= 0.6 is 0 Å². The number of hydrogen-bond acceptors (Lipinski definition) is 4. The molecule has 0 spiro atoms. The van der Waals surface area contributed by atoms with Gasteiger partial charge in [0.05, 0.1) is 0 Å². The molecule has 0 aliphatic rings. The van der Waals surface area contributed by atoms with Crippen molar-refractivity contribution in [1.82, 2.24) is 0 Å². The third-order valence-electron chi connectivity index (χ3n) is 0. The fraction of sp³-hybridized carbons (Fsp3) is 0. The van der Waals surface area contributed by atoms with E-state index in [1.807, 2.05) is 0 Å². The van der Waals surface area contributed by atoms with Gasteiger partial charge in [-0.15, -0.1) is 0 Å². The summed E-state index contributed by atoms with van der Waals surface area (Å²) in [6, 6.07) is 0. The molecule has 74 valence electrons. The smallest absolute Gasteiger partial charge is 1.00 e.